The third-order valence-electron chi connectivity index (χ3n) is 3.33. The Hall–Kier alpha value is -0.180. The van der Waals surface area contributed by atoms with E-state index in [1.165, 1.54) is 25.7 Å². The van der Waals surface area contributed by atoms with Crippen LogP contribution in [-0.4, -0.2) is 28.5 Å². The molecule has 2 rings (SSSR count). The highest BCUT2D eigenvalue weighted by Crippen LogP contribution is 2.44. The lowest BCUT2D eigenvalue weighted by Crippen LogP contribution is -2.43. The molecule has 2 nitrogen and oxygen atoms in total. The van der Waals surface area contributed by atoms with Gasteiger partial charge in [-0.2, -0.15) is 0 Å². The highest BCUT2D eigenvalue weighted by Gasteiger charge is 2.43. The van der Waals surface area contributed by atoms with E-state index in [0.717, 1.165) is 19.4 Å². The molecule has 0 aromatic carbocycles. The fourth-order valence-electron chi connectivity index (χ4n) is 2.59. The minimum atomic E-state index is 0.188. The van der Waals surface area contributed by atoms with Gasteiger partial charge in [0.25, 0.3) is 0 Å². The molecule has 0 aromatic rings. The first-order valence-corrected chi connectivity index (χ1v) is 6.37. The average molecular weight is 199 g/mol. The van der Waals surface area contributed by atoms with Gasteiger partial charge in [-0.1, -0.05) is 0 Å². The Morgan fingerprint density at radius 3 is 2.85 bits per heavy atom. The summed E-state index contributed by atoms with van der Waals surface area (Å²) >= 11 is 1.89. The molecule has 1 unspecified atom stereocenters. The molecule has 0 bridgehead atoms. The van der Waals surface area contributed by atoms with Crippen LogP contribution in [0.2, 0.25) is 0 Å². The maximum absolute atomic E-state index is 11.8. The van der Waals surface area contributed by atoms with Crippen molar-refractivity contribution in [2.45, 2.75) is 43.4 Å². The maximum Gasteiger partial charge on any atom is 0.223 e. The van der Waals surface area contributed by atoms with Crippen LogP contribution in [0.4, 0.5) is 0 Å². The topological polar surface area (TPSA) is 20.3 Å². The fourth-order valence-corrected chi connectivity index (χ4v) is 3.70. The van der Waals surface area contributed by atoms with Gasteiger partial charge in [-0.25, -0.2) is 0 Å². The second kappa shape index (κ2) is 3.52. The first-order chi connectivity index (χ1) is 6.28. The van der Waals surface area contributed by atoms with Crippen LogP contribution in [0.15, 0.2) is 0 Å². The summed E-state index contributed by atoms with van der Waals surface area (Å²) in [5.74, 6) is 0.393. The Kier molecular flexibility index (Phi) is 2.54. The van der Waals surface area contributed by atoms with Crippen molar-refractivity contribution in [3.63, 3.8) is 0 Å². The quantitative estimate of drug-likeness (QED) is 0.645. The van der Waals surface area contributed by atoms with Gasteiger partial charge in [0.2, 0.25) is 5.91 Å². The van der Waals surface area contributed by atoms with Crippen LogP contribution in [0.25, 0.3) is 0 Å². The molecule has 0 N–H and O–H groups in total. The molecule has 3 heteroatoms. The summed E-state index contributed by atoms with van der Waals surface area (Å²) in [6.45, 7) is 1.000. The van der Waals surface area contributed by atoms with E-state index in [9.17, 15) is 4.79 Å². The minimum Gasteiger partial charge on any atom is -0.328 e. The van der Waals surface area contributed by atoms with Crippen molar-refractivity contribution in [2.24, 2.45) is 0 Å². The summed E-state index contributed by atoms with van der Waals surface area (Å²) in [6.07, 6.45) is 8.87. The fraction of sp³-hybridized carbons (Fsp3) is 0.900. The lowest BCUT2D eigenvalue weighted by atomic mass is 10.1. The molecule has 74 valence electrons. The monoisotopic (exact) mass is 199 g/mol. The summed E-state index contributed by atoms with van der Waals surface area (Å²) in [7, 11) is 0. The van der Waals surface area contributed by atoms with E-state index in [1.807, 2.05) is 11.8 Å². The van der Waals surface area contributed by atoms with Crippen LogP contribution >= 0.6 is 11.8 Å². The Balaban J connectivity index is 2.23. The van der Waals surface area contributed by atoms with Crippen molar-refractivity contribution in [3.8, 4) is 0 Å². The van der Waals surface area contributed by atoms with E-state index in [0.29, 0.717) is 5.91 Å². The lowest BCUT2D eigenvalue weighted by molar-refractivity contribution is -0.132. The highest BCUT2D eigenvalue weighted by atomic mass is 32.2. The van der Waals surface area contributed by atoms with Crippen molar-refractivity contribution in [1.29, 1.82) is 0 Å². The average Bonchev–Trinajstić information content (AvgIpc) is 2.51. The third kappa shape index (κ3) is 1.47. The number of rotatable bonds is 1. The number of nitrogens with zero attached hydrogens (tertiary/aromatic N) is 1. The molecule has 2 fully saturated rings. The Morgan fingerprint density at radius 2 is 2.08 bits per heavy atom. The largest absolute Gasteiger partial charge is 0.328 e. The van der Waals surface area contributed by atoms with Gasteiger partial charge in [-0.15, -0.1) is 11.8 Å². The predicted molar refractivity (Wildman–Crippen MR) is 55.7 cm³/mol. The molecular formula is C10H17NOS. The molecule has 2 aliphatic rings. The van der Waals surface area contributed by atoms with Gasteiger partial charge in [-0.3, -0.25) is 4.79 Å². The zero-order valence-electron chi connectivity index (χ0n) is 8.21. The van der Waals surface area contributed by atoms with Gasteiger partial charge >= 0.3 is 0 Å². The normalized spacial score (nSPS) is 34.5. The second-order valence-electron chi connectivity index (χ2n) is 4.01. The molecule has 2 aliphatic heterocycles. The van der Waals surface area contributed by atoms with Gasteiger partial charge in [-0.05, 0) is 38.4 Å². The van der Waals surface area contributed by atoms with Crippen molar-refractivity contribution in [1.82, 2.24) is 4.90 Å². The number of hydrogen-bond acceptors (Lipinski definition) is 2. The van der Waals surface area contributed by atoms with Crippen LogP contribution < -0.4 is 0 Å². The van der Waals surface area contributed by atoms with E-state index in [4.69, 9.17) is 0 Å². The second-order valence-corrected chi connectivity index (χ2v) is 5.17. The van der Waals surface area contributed by atoms with Crippen LogP contribution in [0.3, 0.4) is 0 Å². The zero-order valence-corrected chi connectivity index (χ0v) is 9.03. The number of carbonyl (C=O) groups is 1. The molecule has 0 spiro atoms. The summed E-state index contributed by atoms with van der Waals surface area (Å²) in [5, 5.41) is 0. The van der Waals surface area contributed by atoms with Crippen LogP contribution in [-0.2, 0) is 4.79 Å². The summed E-state index contributed by atoms with van der Waals surface area (Å²) in [5.41, 5.74) is 0. The standard InChI is InChI=1S/C10H17NOS/c1-13-10-6-3-2-5-9(12)11(10)8-4-7-10/h2-8H2,1H3. The van der Waals surface area contributed by atoms with Crippen LogP contribution in [0.5, 0.6) is 0 Å². The van der Waals surface area contributed by atoms with E-state index in [-0.39, 0.29) is 4.87 Å². The molecule has 0 radical (unpaired) electrons. The first-order valence-electron chi connectivity index (χ1n) is 5.14. The molecule has 1 amide bonds. The number of fused-ring (bicyclic) bond motifs is 1. The zero-order chi connectivity index (χ0) is 9.31. The van der Waals surface area contributed by atoms with E-state index in [2.05, 4.69) is 11.2 Å². The Morgan fingerprint density at radius 1 is 1.31 bits per heavy atom. The minimum absolute atomic E-state index is 0.188. The van der Waals surface area contributed by atoms with Crippen molar-refractivity contribution < 1.29 is 4.79 Å². The van der Waals surface area contributed by atoms with Gasteiger partial charge in [0.15, 0.2) is 0 Å². The van der Waals surface area contributed by atoms with E-state index < -0.39 is 0 Å². The van der Waals surface area contributed by atoms with Gasteiger partial charge in [0.1, 0.15) is 0 Å². The number of amides is 1. The molecule has 0 saturated carbocycles. The molecule has 0 aliphatic carbocycles. The predicted octanol–water partition coefficient (Wildman–Crippen LogP) is 2.24. The lowest BCUT2D eigenvalue weighted by Gasteiger charge is -2.35. The Bertz CT molecular complexity index is 219. The molecule has 2 saturated heterocycles. The highest BCUT2D eigenvalue weighted by molar-refractivity contribution is 7.99. The van der Waals surface area contributed by atoms with E-state index in [1.54, 1.807) is 0 Å². The number of hydrogen-bond donors (Lipinski definition) is 0. The number of carbonyl (C=O) groups excluding carboxylic acids is 1. The smallest absolute Gasteiger partial charge is 0.223 e. The summed E-state index contributed by atoms with van der Waals surface area (Å²) in [4.78, 5) is 14.1. The maximum atomic E-state index is 11.8. The Labute approximate surface area is 84.1 Å². The van der Waals surface area contributed by atoms with Gasteiger partial charge in [0, 0.05) is 13.0 Å². The SMILES string of the molecule is CSC12CCCCC(=O)N1CCC2. The molecule has 1 atom stereocenters. The van der Waals surface area contributed by atoms with Crippen molar-refractivity contribution in [2.75, 3.05) is 12.8 Å². The third-order valence-corrected chi connectivity index (χ3v) is 4.72. The van der Waals surface area contributed by atoms with Crippen LogP contribution in [0.1, 0.15) is 38.5 Å². The van der Waals surface area contributed by atoms with Gasteiger partial charge < -0.3 is 4.90 Å². The van der Waals surface area contributed by atoms with Crippen LogP contribution in [0, 0.1) is 0 Å². The molecule has 0 aromatic heterocycles. The van der Waals surface area contributed by atoms with Gasteiger partial charge in [0.05, 0.1) is 4.87 Å². The van der Waals surface area contributed by atoms with Crippen molar-refractivity contribution >= 4 is 17.7 Å². The molecule has 2 heterocycles. The molecular weight excluding hydrogens is 182 g/mol. The number of thioether (sulfide) groups is 1. The molecule has 13 heavy (non-hydrogen) atoms. The van der Waals surface area contributed by atoms with E-state index >= 15 is 0 Å². The van der Waals surface area contributed by atoms with Crippen molar-refractivity contribution in [3.05, 3.63) is 0 Å². The first kappa shape index (κ1) is 9.38. The summed E-state index contributed by atoms with van der Waals surface area (Å²) in [6, 6.07) is 0. The summed E-state index contributed by atoms with van der Waals surface area (Å²) < 4.78 is 0.